The molecule has 0 aliphatic carbocycles. The van der Waals surface area contributed by atoms with Gasteiger partial charge in [-0.1, -0.05) is 71.6 Å². The van der Waals surface area contributed by atoms with Gasteiger partial charge in [0.1, 0.15) is 12.4 Å². The number of rotatable bonds is 15. The van der Waals surface area contributed by atoms with Crippen LogP contribution in [-0.2, 0) is 4.79 Å². The summed E-state index contributed by atoms with van der Waals surface area (Å²) in [6, 6.07) is 7.25. The van der Waals surface area contributed by atoms with Gasteiger partial charge < -0.3 is 10.5 Å². The Morgan fingerprint density at radius 3 is 1.96 bits per heavy atom. The number of carbonyl (C=O) groups excluding carboxylic acids is 1. The number of unbranched alkanes of at least 4 members (excludes halogenated alkanes) is 7. The number of carbonyl (C=O) groups is 1. The van der Waals surface area contributed by atoms with Gasteiger partial charge in [0, 0.05) is 11.6 Å². The lowest BCUT2D eigenvalue weighted by molar-refractivity contribution is -0.125. The lowest BCUT2D eigenvalue weighted by atomic mass is 9.91. The molecule has 0 aliphatic heterocycles. The fraction of sp³-hybridized carbons (Fsp3) is 0.682. The molecule has 0 aliphatic rings. The van der Waals surface area contributed by atoms with Gasteiger partial charge >= 0.3 is 0 Å². The van der Waals surface area contributed by atoms with Crippen molar-refractivity contribution in [2.75, 3.05) is 12.3 Å². The Balaban J connectivity index is 2.41. The van der Waals surface area contributed by atoms with Gasteiger partial charge in [0.05, 0.1) is 0 Å². The number of ether oxygens (including phenoxy) is 1. The number of anilines is 1. The molecule has 0 saturated carbocycles. The standard InChI is InChI=1S/C22H37NO2/c1-3-5-7-9-11-13-19(12-10-8-6-4-2)22(24)18-25-21-16-14-20(23)15-17-21/h14-17,19H,3-13,18,23H2,1-2H3. The highest BCUT2D eigenvalue weighted by molar-refractivity contribution is 5.82. The quantitative estimate of drug-likeness (QED) is 0.305. The molecule has 0 bridgehead atoms. The van der Waals surface area contributed by atoms with Crippen molar-refractivity contribution >= 4 is 11.5 Å². The number of nitrogens with two attached hydrogens (primary N) is 1. The summed E-state index contributed by atoms with van der Waals surface area (Å²) in [7, 11) is 0. The van der Waals surface area contributed by atoms with Crippen molar-refractivity contribution in [3.63, 3.8) is 0 Å². The van der Waals surface area contributed by atoms with E-state index in [0.717, 1.165) is 31.4 Å². The minimum atomic E-state index is 0.160. The van der Waals surface area contributed by atoms with Gasteiger partial charge in [-0.15, -0.1) is 0 Å². The van der Waals surface area contributed by atoms with E-state index >= 15 is 0 Å². The summed E-state index contributed by atoms with van der Waals surface area (Å²) in [5.74, 6) is 1.13. The summed E-state index contributed by atoms with van der Waals surface area (Å²) in [4.78, 5) is 12.6. The van der Waals surface area contributed by atoms with Crippen molar-refractivity contribution in [2.45, 2.75) is 84.5 Å². The van der Waals surface area contributed by atoms with Crippen LogP contribution in [0.3, 0.4) is 0 Å². The maximum absolute atomic E-state index is 12.6. The minimum absolute atomic E-state index is 0.160. The van der Waals surface area contributed by atoms with Crippen LogP contribution in [0.4, 0.5) is 5.69 Å². The van der Waals surface area contributed by atoms with Crippen molar-refractivity contribution in [1.82, 2.24) is 0 Å². The Hall–Kier alpha value is -1.51. The Kier molecular flexibility index (Phi) is 11.8. The van der Waals surface area contributed by atoms with Crippen LogP contribution >= 0.6 is 0 Å². The summed E-state index contributed by atoms with van der Waals surface area (Å²) >= 11 is 0. The van der Waals surface area contributed by atoms with E-state index in [1.807, 2.05) is 12.1 Å². The Labute approximate surface area is 154 Å². The average molecular weight is 348 g/mol. The predicted molar refractivity (Wildman–Crippen MR) is 107 cm³/mol. The summed E-state index contributed by atoms with van der Waals surface area (Å²) < 4.78 is 5.67. The first-order valence-corrected chi connectivity index (χ1v) is 10.2. The first-order valence-electron chi connectivity index (χ1n) is 10.2. The van der Waals surface area contributed by atoms with Crippen LogP contribution in [0.1, 0.15) is 84.5 Å². The van der Waals surface area contributed by atoms with E-state index in [0.29, 0.717) is 5.69 Å². The molecule has 25 heavy (non-hydrogen) atoms. The van der Waals surface area contributed by atoms with Gasteiger partial charge in [-0.25, -0.2) is 0 Å². The van der Waals surface area contributed by atoms with Crippen molar-refractivity contribution in [1.29, 1.82) is 0 Å². The number of Topliss-reactive ketones (excluding diaryl/α,β-unsaturated/α-hetero) is 1. The molecule has 0 radical (unpaired) electrons. The lowest BCUT2D eigenvalue weighted by Crippen LogP contribution is -2.22. The highest BCUT2D eigenvalue weighted by Crippen LogP contribution is 2.21. The van der Waals surface area contributed by atoms with Gasteiger partial charge in [-0.3, -0.25) is 4.79 Å². The molecular weight excluding hydrogens is 310 g/mol. The van der Waals surface area contributed by atoms with E-state index in [9.17, 15) is 4.79 Å². The van der Waals surface area contributed by atoms with Crippen LogP contribution < -0.4 is 10.5 Å². The van der Waals surface area contributed by atoms with Gasteiger partial charge in [0.15, 0.2) is 5.78 Å². The molecule has 3 heteroatoms. The Bertz CT molecular complexity index is 456. The van der Waals surface area contributed by atoms with Crippen LogP contribution in [0.25, 0.3) is 0 Å². The third-order valence-electron chi connectivity index (χ3n) is 4.78. The van der Waals surface area contributed by atoms with Crippen molar-refractivity contribution in [3.8, 4) is 5.75 Å². The minimum Gasteiger partial charge on any atom is -0.486 e. The second kappa shape index (κ2) is 13.7. The zero-order valence-corrected chi connectivity index (χ0v) is 16.3. The largest absolute Gasteiger partial charge is 0.486 e. The molecule has 142 valence electrons. The normalized spacial score (nSPS) is 12.1. The fourth-order valence-electron chi connectivity index (χ4n) is 3.11. The third kappa shape index (κ3) is 10.2. The zero-order chi connectivity index (χ0) is 18.3. The molecule has 0 heterocycles. The summed E-state index contributed by atoms with van der Waals surface area (Å²) in [5, 5.41) is 0. The molecule has 0 spiro atoms. The summed E-state index contributed by atoms with van der Waals surface area (Å²) in [6.07, 6.45) is 13.2. The van der Waals surface area contributed by atoms with Crippen LogP contribution in [0.2, 0.25) is 0 Å². The molecule has 1 atom stereocenters. The van der Waals surface area contributed by atoms with Crippen LogP contribution in [-0.4, -0.2) is 12.4 Å². The van der Waals surface area contributed by atoms with Crippen molar-refractivity contribution < 1.29 is 9.53 Å². The molecule has 1 unspecified atom stereocenters. The maximum Gasteiger partial charge on any atom is 0.173 e. The highest BCUT2D eigenvalue weighted by atomic mass is 16.5. The van der Waals surface area contributed by atoms with E-state index < -0.39 is 0 Å². The van der Waals surface area contributed by atoms with Crippen LogP contribution in [0, 0.1) is 5.92 Å². The first-order chi connectivity index (χ1) is 12.2. The van der Waals surface area contributed by atoms with Crippen molar-refractivity contribution in [3.05, 3.63) is 24.3 Å². The summed E-state index contributed by atoms with van der Waals surface area (Å²) in [5.41, 5.74) is 6.39. The van der Waals surface area contributed by atoms with E-state index in [4.69, 9.17) is 10.5 Å². The lowest BCUT2D eigenvalue weighted by Gasteiger charge is -2.16. The number of nitrogen functional groups attached to an aromatic ring is 1. The number of hydrogen-bond acceptors (Lipinski definition) is 3. The monoisotopic (exact) mass is 347 g/mol. The SMILES string of the molecule is CCCCCCCC(CCCCCC)C(=O)COc1ccc(N)cc1. The van der Waals surface area contributed by atoms with E-state index in [1.54, 1.807) is 12.1 Å². The topological polar surface area (TPSA) is 52.3 Å². The third-order valence-corrected chi connectivity index (χ3v) is 4.78. The van der Waals surface area contributed by atoms with E-state index in [-0.39, 0.29) is 18.3 Å². The molecule has 3 nitrogen and oxygen atoms in total. The molecule has 0 fully saturated rings. The fourth-order valence-corrected chi connectivity index (χ4v) is 3.11. The molecular formula is C22H37NO2. The molecule has 2 N–H and O–H groups in total. The zero-order valence-electron chi connectivity index (χ0n) is 16.3. The molecule has 1 aromatic carbocycles. The van der Waals surface area contributed by atoms with Gasteiger partial charge in [0.2, 0.25) is 0 Å². The molecule has 1 rings (SSSR count). The second-order valence-corrected chi connectivity index (χ2v) is 7.07. The number of hydrogen-bond donors (Lipinski definition) is 1. The molecule has 0 saturated heterocycles. The van der Waals surface area contributed by atoms with Crippen molar-refractivity contribution in [2.24, 2.45) is 5.92 Å². The smallest absolute Gasteiger partial charge is 0.173 e. The van der Waals surface area contributed by atoms with E-state index in [2.05, 4.69) is 13.8 Å². The Morgan fingerprint density at radius 1 is 0.880 bits per heavy atom. The molecule has 0 amide bonds. The van der Waals surface area contributed by atoms with Gasteiger partial charge in [0.25, 0.3) is 0 Å². The maximum atomic E-state index is 12.6. The first kappa shape index (κ1) is 21.5. The van der Waals surface area contributed by atoms with E-state index in [1.165, 1.54) is 44.9 Å². The second-order valence-electron chi connectivity index (χ2n) is 7.07. The number of ketones is 1. The number of benzene rings is 1. The highest BCUT2D eigenvalue weighted by Gasteiger charge is 2.18. The summed E-state index contributed by atoms with van der Waals surface area (Å²) in [6.45, 7) is 4.63. The van der Waals surface area contributed by atoms with Crippen LogP contribution in [0.15, 0.2) is 24.3 Å². The molecule has 1 aromatic rings. The van der Waals surface area contributed by atoms with Gasteiger partial charge in [-0.2, -0.15) is 0 Å². The Morgan fingerprint density at radius 2 is 1.40 bits per heavy atom. The average Bonchev–Trinajstić information content (AvgIpc) is 2.62. The van der Waals surface area contributed by atoms with Crippen LogP contribution in [0.5, 0.6) is 5.75 Å². The van der Waals surface area contributed by atoms with Gasteiger partial charge in [-0.05, 0) is 37.1 Å². The molecule has 0 aromatic heterocycles. The predicted octanol–water partition coefficient (Wildman–Crippen LogP) is 6.16.